The number of imidazole rings is 1. The Kier molecular flexibility index (Phi) is 6.63. The zero-order valence-corrected chi connectivity index (χ0v) is 21.6. The van der Waals surface area contributed by atoms with Crippen molar-refractivity contribution in [2.24, 2.45) is 5.92 Å². The lowest BCUT2D eigenvalue weighted by atomic mass is 9.99. The summed E-state index contributed by atoms with van der Waals surface area (Å²) in [6.07, 6.45) is 12.5. The van der Waals surface area contributed by atoms with Gasteiger partial charge in [-0.3, -0.25) is 10.1 Å². The zero-order valence-electron chi connectivity index (χ0n) is 20.8. The van der Waals surface area contributed by atoms with Crippen LogP contribution in [0.5, 0.6) is 0 Å². The van der Waals surface area contributed by atoms with Crippen LogP contribution in [-0.2, 0) is 6.54 Å². The quantitative estimate of drug-likeness (QED) is 0.186. The van der Waals surface area contributed by atoms with Gasteiger partial charge < -0.3 is 15.7 Å². The third kappa shape index (κ3) is 4.84. The first kappa shape index (κ1) is 23.7. The van der Waals surface area contributed by atoms with Gasteiger partial charge in [-0.25, -0.2) is 9.97 Å². The van der Waals surface area contributed by atoms with E-state index in [0.29, 0.717) is 11.5 Å². The Balaban J connectivity index is 1.27. The lowest BCUT2D eigenvalue weighted by Gasteiger charge is -2.11. The van der Waals surface area contributed by atoms with Crippen molar-refractivity contribution >= 4 is 28.6 Å². The molecule has 37 heavy (non-hydrogen) atoms. The molecule has 1 atom stereocenters. The van der Waals surface area contributed by atoms with Crippen molar-refractivity contribution in [1.29, 1.82) is 5.41 Å². The van der Waals surface area contributed by atoms with E-state index < -0.39 is 0 Å². The predicted molar refractivity (Wildman–Crippen MR) is 148 cm³/mol. The average molecular weight is 511 g/mol. The van der Waals surface area contributed by atoms with Gasteiger partial charge in [-0.15, -0.1) is 0 Å². The second-order valence-electron chi connectivity index (χ2n) is 9.85. The zero-order chi connectivity index (χ0) is 25.2. The summed E-state index contributed by atoms with van der Waals surface area (Å²) in [5, 5.41) is 24.1. The number of aryl methyl sites for hydroxylation is 1. The van der Waals surface area contributed by atoms with Crippen LogP contribution in [0.25, 0.3) is 33.7 Å². The molecule has 9 heteroatoms. The maximum absolute atomic E-state index is 8.00. The van der Waals surface area contributed by atoms with Gasteiger partial charge in [0.25, 0.3) is 0 Å². The number of hydrogen-bond acceptors (Lipinski definition) is 7. The number of nitrogens with one attached hydrogen (secondary N) is 4. The molecule has 6 rings (SSSR count). The minimum absolute atomic E-state index is 0.185. The number of fused-ring (bicyclic) bond motifs is 1. The van der Waals surface area contributed by atoms with E-state index in [4.69, 9.17) is 10.4 Å². The van der Waals surface area contributed by atoms with Gasteiger partial charge in [0, 0.05) is 48.2 Å². The Hall–Kier alpha value is -3.69. The van der Waals surface area contributed by atoms with Gasteiger partial charge >= 0.3 is 0 Å². The highest BCUT2D eigenvalue weighted by molar-refractivity contribution is 7.08. The molecule has 1 saturated carbocycles. The topological polar surface area (TPSA) is 119 Å². The highest BCUT2D eigenvalue weighted by atomic mass is 32.1. The first-order valence-corrected chi connectivity index (χ1v) is 13.7. The van der Waals surface area contributed by atoms with Crippen LogP contribution in [0.3, 0.4) is 0 Å². The molecule has 0 aliphatic heterocycles. The van der Waals surface area contributed by atoms with Crippen LogP contribution in [0.15, 0.2) is 47.5 Å². The monoisotopic (exact) mass is 510 g/mol. The van der Waals surface area contributed by atoms with Crippen LogP contribution in [0.4, 0.5) is 0 Å². The summed E-state index contributed by atoms with van der Waals surface area (Å²) < 4.78 is 0. The van der Waals surface area contributed by atoms with Crippen LogP contribution in [-0.4, -0.2) is 42.9 Å². The molecule has 8 nitrogen and oxygen atoms in total. The van der Waals surface area contributed by atoms with Gasteiger partial charge in [0.1, 0.15) is 5.69 Å². The highest BCUT2D eigenvalue weighted by Gasteiger charge is 2.21. The van der Waals surface area contributed by atoms with E-state index in [1.807, 2.05) is 37.0 Å². The molecule has 4 N–H and O–H groups in total. The Morgan fingerprint density at radius 2 is 2.05 bits per heavy atom. The van der Waals surface area contributed by atoms with Gasteiger partial charge in [-0.1, -0.05) is 12.8 Å². The average Bonchev–Trinajstić information content (AvgIpc) is 3.73. The van der Waals surface area contributed by atoms with Crippen molar-refractivity contribution in [3.63, 3.8) is 0 Å². The molecule has 5 aromatic heterocycles. The number of aromatic amines is 2. The summed E-state index contributed by atoms with van der Waals surface area (Å²) in [5.74, 6) is 1.32. The summed E-state index contributed by atoms with van der Waals surface area (Å²) in [6.45, 7) is 3.89. The molecular weight excluding hydrogens is 480 g/mol. The lowest BCUT2D eigenvalue weighted by molar-refractivity contribution is 0.489. The first-order chi connectivity index (χ1) is 18.2. The van der Waals surface area contributed by atoms with Gasteiger partial charge in [-0.05, 0) is 72.3 Å². The molecule has 0 radical (unpaired) electrons. The van der Waals surface area contributed by atoms with E-state index in [0.717, 1.165) is 58.2 Å². The maximum Gasteiger partial charge on any atom is 0.181 e. The Morgan fingerprint density at radius 3 is 2.86 bits per heavy atom. The molecule has 1 unspecified atom stereocenters. The summed E-state index contributed by atoms with van der Waals surface area (Å²) in [4.78, 5) is 17.4. The highest BCUT2D eigenvalue weighted by Crippen LogP contribution is 2.32. The molecule has 188 valence electrons. The van der Waals surface area contributed by atoms with E-state index >= 15 is 0 Å². The minimum atomic E-state index is -0.185. The molecule has 5 heterocycles. The van der Waals surface area contributed by atoms with Crippen molar-refractivity contribution in [3.05, 3.63) is 70.1 Å². The Labute approximate surface area is 219 Å². The third-order valence-electron chi connectivity index (χ3n) is 7.30. The van der Waals surface area contributed by atoms with Crippen LogP contribution in [0.1, 0.15) is 54.1 Å². The molecule has 0 amide bonds. The SMILES string of the molecule is Cc1[nH]c(-c2[nH]nc3ncc(-c4cncc(CNCC5CCCC5)c4)cc23)nc1C(C=N)c1ccsc1. The van der Waals surface area contributed by atoms with E-state index in [-0.39, 0.29) is 5.92 Å². The molecule has 0 bridgehead atoms. The van der Waals surface area contributed by atoms with Crippen LogP contribution < -0.4 is 5.32 Å². The van der Waals surface area contributed by atoms with Crippen molar-refractivity contribution < 1.29 is 0 Å². The van der Waals surface area contributed by atoms with Gasteiger partial charge in [-0.2, -0.15) is 16.4 Å². The maximum atomic E-state index is 8.00. The number of hydrogen-bond donors (Lipinski definition) is 4. The standard InChI is InChI=1S/C28H30N8S/c1-17-25(24(10-29)20-6-7-37-16-20)34-28(33-17)26-23-9-22(15-32-27(23)36-35-26)21-8-19(13-31-14-21)12-30-11-18-4-2-3-5-18/h6-10,13-16,18,24,29-30H,2-5,11-12H2,1H3,(H,33,34)(H,32,35,36). The van der Waals surface area contributed by atoms with Crippen LogP contribution >= 0.6 is 11.3 Å². The minimum Gasteiger partial charge on any atom is -0.341 e. The number of nitrogens with zero attached hydrogens (tertiary/aromatic N) is 4. The van der Waals surface area contributed by atoms with Gasteiger partial charge in [0.15, 0.2) is 11.5 Å². The molecular formula is C28H30N8S. The van der Waals surface area contributed by atoms with Crippen molar-refractivity contribution in [1.82, 2.24) is 35.5 Å². The van der Waals surface area contributed by atoms with Crippen LogP contribution in [0.2, 0.25) is 0 Å². The normalized spacial score (nSPS) is 14.9. The van der Waals surface area contributed by atoms with Crippen molar-refractivity contribution in [2.75, 3.05) is 6.54 Å². The predicted octanol–water partition coefficient (Wildman–Crippen LogP) is 5.84. The van der Waals surface area contributed by atoms with Crippen molar-refractivity contribution in [3.8, 4) is 22.6 Å². The largest absolute Gasteiger partial charge is 0.341 e. The molecule has 5 aromatic rings. The summed E-state index contributed by atoms with van der Waals surface area (Å²) in [7, 11) is 0. The third-order valence-corrected chi connectivity index (χ3v) is 8.00. The van der Waals surface area contributed by atoms with Gasteiger partial charge in [0.05, 0.1) is 17.0 Å². The fourth-order valence-corrected chi connectivity index (χ4v) is 5.99. The molecule has 1 fully saturated rings. The van der Waals surface area contributed by atoms with E-state index in [2.05, 4.69) is 48.0 Å². The van der Waals surface area contributed by atoms with Crippen molar-refractivity contribution in [2.45, 2.75) is 45.1 Å². The van der Waals surface area contributed by atoms with Crippen LogP contribution in [0, 0.1) is 18.3 Å². The van der Waals surface area contributed by atoms with Gasteiger partial charge in [0.2, 0.25) is 0 Å². The Morgan fingerprint density at radius 1 is 1.19 bits per heavy atom. The first-order valence-electron chi connectivity index (χ1n) is 12.8. The Bertz CT molecular complexity index is 1510. The van der Waals surface area contributed by atoms with E-state index in [1.54, 1.807) is 11.3 Å². The second-order valence-corrected chi connectivity index (χ2v) is 10.6. The molecule has 0 saturated heterocycles. The smallest absolute Gasteiger partial charge is 0.181 e. The summed E-state index contributed by atoms with van der Waals surface area (Å²) >= 11 is 1.63. The summed E-state index contributed by atoms with van der Waals surface area (Å²) in [5.41, 5.74) is 7.46. The number of thiophene rings is 1. The van der Waals surface area contributed by atoms with E-state index in [1.165, 1.54) is 37.5 Å². The lowest BCUT2D eigenvalue weighted by Crippen LogP contribution is -2.20. The number of H-pyrrole nitrogens is 2. The fraction of sp³-hybridized carbons (Fsp3) is 0.321. The second kappa shape index (κ2) is 10.4. The number of aromatic nitrogens is 6. The fourth-order valence-electron chi connectivity index (χ4n) is 5.30. The molecule has 0 aromatic carbocycles. The summed E-state index contributed by atoms with van der Waals surface area (Å²) in [6, 6.07) is 6.32. The molecule has 1 aliphatic rings. The molecule has 1 aliphatic carbocycles. The number of pyridine rings is 2. The van der Waals surface area contributed by atoms with E-state index in [9.17, 15) is 0 Å². The molecule has 0 spiro atoms. The number of rotatable bonds is 9.